The van der Waals surface area contributed by atoms with Crippen molar-refractivity contribution in [1.82, 2.24) is 4.98 Å². The monoisotopic (exact) mass is 560 g/mol. The summed E-state index contributed by atoms with van der Waals surface area (Å²) in [6.45, 7) is 3.01. The number of rotatable bonds is 7. The number of carbonyl (C=O) groups is 2. The van der Waals surface area contributed by atoms with Crippen molar-refractivity contribution in [2.75, 3.05) is 19.0 Å². The Morgan fingerprint density at radius 1 is 1.21 bits per heavy atom. The van der Waals surface area contributed by atoms with Crippen LogP contribution in [0.4, 0.5) is 32.0 Å². The van der Waals surface area contributed by atoms with Gasteiger partial charge in [0.15, 0.2) is 5.60 Å². The molecule has 1 fully saturated rings. The average Bonchev–Trinajstić information content (AvgIpc) is 3.13. The van der Waals surface area contributed by atoms with Crippen LogP contribution in [0.5, 0.6) is 5.75 Å². The van der Waals surface area contributed by atoms with E-state index in [0.29, 0.717) is 5.71 Å². The van der Waals surface area contributed by atoms with Crippen LogP contribution in [0.1, 0.15) is 48.3 Å². The fraction of sp³-hybridized carbons (Fsp3) is 0.440. The summed E-state index contributed by atoms with van der Waals surface area (Å²) in [7, 11) is 1.40. The third kappa shape index (κ3) is 6.00. The van der Waals surface area contributed by atoms with Gasteiger partial charge in [0.05, 0.1) is 5.56 Å². The van der Waals surface area contributed by atoms with Crippen molar-refractivity contribution in [2.24, 2.45) is 16.6 Å². The number of hydrogen-bond acceptors (Lipinski definition) is 6. The number of benzene rings is 1. The van der Waals surface area contributed by atoms with Crippen molar-refractivity contribution < 1.29 is 45.4 Å². The van der Waals surface area contributed by atoms with Crippen molar-refractivity contribution in [3.63, 3.8) is 0 Å². The van der Waals surface area contributed by atoms with Crippen LogP contribution in [0.2, 0.25) is 0 Å². The van der Waals surface area contributed by atoms with Gasteiger partial charge in [0.25, 0.3) is 11.8 Å². The first-order chi connectivity index (χ1) is 18.0. The van der Waals surface area contributed by atoms with Crippen LogP contribution in [0.25, 0.3) is 0 Å². The highest BCUT2D eigenvalue weighted by molar-refractivity contribution is 5.97. The topological polar surface area (TPSA) is 116 Å². The summed E-state index contributed by atoms with van der Waals surface area (Å²) >= 11 is 0. The zero-order valence-electron chi connectivity index (χ0n) is 21.3. The number of nitrogens with one attached hydrogen (secondary N) is 1. The smallest absolute Gasteiger partial charge is 0.419 e. The van der Waals surface area contributed by atoms with Gasteiger partial charge in [-0.1, -0.05) is 19.1 Å². The molecule has 0 saturated carbocycles. The standard InChI is InChI=1S/C25H26F6N4O4/c1-12(33-4)11-38-19-15(6-5-7-16(19)24(26,27)28)18-13(2)23(3,25(29,30)31)39-20(18)22(37)35-14-8-9-34-17(10-14)21(32)36/h5-10,13,18,20H,11H2,1-4H3,(H2,32,36)(H,34,35,37)/b33-12+/t13-,18-,20+,23+/m0/s1. The lowest BCUT2D eigenvalue weighted by atomic mass is 9.76. The molecule has 3 rings (SSSR count). The highest BCUT2D eigenvalue weighted by Gasteiger charge is 2.66. The number of pyridine rings is 1. The summed E-state index contributed by atoms with van der Waals surface area (Å²) in [6, 6.07) is 5.29. The molecule has 1 saturated heterocycles. The predicted octanol–water partition coefficient (Wildman–Crippen LogP) is 4.75. The average molecular weight is 560 g/mol. The number of para-hydroxylation sites is 1. The molecule has 0 aliphatic carbocycles. The predicted molar refractivity (Wildman–Crippen MR) is 129 cm³/mol. The molecule has 2 heterocycles. The van der Waals surface area contributed by atoms with Gasteiger partial charge in [0.2, 0.25) is 0 Å². The lowest BCUT2D eigenvalue weighted by molar-refractivity contribution is -0.272. The summed E-state index contributed by atoms with van der Waals surface area (Å²) in [6.07, 6.45) is -10.7. The molecular weight excluding hydrogens is 534 g/mol. The minimum absolute atomic E-state index is 0.0327. The van der Waals surface area contributed by atoms with E-state index in [-0.39, 0.29) is 23.6 Å². The second-order valence-corrected chi connectivity index (χ2v) is 9.21. The molecule has 1 aliphatic rings. The second-order valence-electron chi connectivity index (χ2n) is 9.21. The summed E-state index contributed by atoms with van der Waals surface area (Å²) in [4.78, 5) is 32.3. The van der Waals surface area contributed by atoms with Crippen LogP contribution in [0.3, 0.4) is 0 Å². The zero-order chi connectivity index (χ0) is 29.3. The fourth-order valence-electron chi connectivity index (χ4n) is 4.32. The zero-order valence-corrected chi connectivity index (χ0v) is 21.3. The maximum Gasteiger partial charge on any atom is 0.419 e. The molecule has 0 spiro atoms. The maximum atomic E-state index is 14.2. The molecule has 0 unspecified atom stereocenters. The van der Waals surface area contributed by atoms with Crippen LogP contribution < -0.4 is 15.8 Å². The molecule has 2 aromatic rings. The number of alkyl halides is 6. The summed E-state index contributed by atoms with van der Waals surface area (Å²) in [5.41, 5.74) is 0.829. The Kier molecular flexibility index (Phi) is 8.29. The molecule has 1 aromatic carbocycles. The molecule has 0 bridgehead atoms. The third-order valence-electron chi connectivity index (χ3n) is 6.72. The van der Waals surface area contributed by atoms with Gasteiger partial charge >= 0.3 is 12.4 Å². The van der Waals surface area contributed by atoms with Crippen LogP contribution in [0.15, 0.2) is 41.5 Å². The first-order valence-corrected chi connectivity index (χ1v) is 11.6. The molecule has 4 atom stereocenters. The minimum Gasteiger partial charge on any atom is -0.487 e. The van der Waals surface area contributed by atoms with E-state index in [0.717, 1.165) is 38.2 Å². The highest BCUT2D eigenvalue weighted by Crippen LogP contribution is 2.55. The quantitative estimate of drug-likeness (QED) is 0.375. The van der Waals surface area contributed by atoms with Gasteiger partial charge in [0, 0.05) is 42.0 Å². The highest BCUT2D eigenvalue weighted by atomic mass is 19.4. The number of carbonyl (C=O) groups excluding carboxylic acids is 2. The van der Waals surface area contributed by atoms with Crippen molar-refractivity contribution >= 4 is 23.2 Å². The molecular formula is C25H26F6N4O4. The van der Waals surface area contributed by atoms with Gasteiger partial charge in [0.1, 0.15) is 24.2 Å². The Hall–Kier alpha value is -3.68. The van der Waals surface area contributed by atoms with Gasteiger partial charge in [-0.05, 0) is 32.0 Å². The Morgan fingerprint density at radius 2 is 1.87 bits per heavy atom. The molecule has 212 valence electrons. The van der Waals surface area contributed by atoms with Crippen molar-refractivity contribution in [2.45, 2.75) is 50.7 Å². The minimum atomic E-state index is -4.98. The number of anilines is 1. The Morgan fingerprint density at radius 3 is 2.44 bits per heavy atom. The number of amides is 2. The van der Waals surface area contributed by atoms with Crippen molar-refractivity contribution in [3.8, 4) is 5.75 Å². The van der Waals surface area contributed by atoms with Crippen molar-refractivity contribution in [3.05, 3.63) is 53.3 Å². The number of hydrogen-bond donors (Lipinski definition) is 2. The van der Waals surface area contributed by atoms with Gasteiger partial charge in [-0.3, -0.25) is 19.6 Å². The molecule has 8 nitrogen and oxygen atoms in total. The van der Waals surface area contributed by atoms with E-state index >= 15 is 0 Å². The normalized spacial score (nSPS) is 23.9. The number of ether oxygens (including phenoxy) is 2. The first-order valence-electron chi connectivity index (χ1n) is 11.6. The number of primary amides is 1. The largest absolute Gasteiger partial charge is 0.487 e. The van der Waals surface area contributed by atoms with E-state index in [9.17, 15) is 35.9 Å². The van der Waals surface area contributed by atoms with Gasteiger partial charge in [-0.25, -0.2) is 0 Å². The van der Waals surface area contributed by atoms with Crippen LogP contribution >= 0.6 is 0 Å². The molecule has 3 N–H and O–H groups in total. The van der Waals surface area contributed by atoms with E-state index in [4.69, 9.17) is 15.2 Å². The Labute approximate surface area is 219 Å². The van der Waals surface area contributed by atoms with Crippen LogP contribution in [-0.2, 0) is 15.7 Å². The lowest BCUT2D eigenvalue weighted by Crippen LogP contribution is -2.47. The van der Waals surface area contributed by atoms with Crippen LogP contribution in [-0.4, -0.2) is 54.0 Å². The summed E-state index contributed by atoms with van der Waals surface area (Å²) < 4.78 is 95.3. The molecule has 1 aliphatic heterocycles. The lowest BCUT2D eigenvalue weighted by Gasteiger charge is -2.32. The fourth-order valence-corrected chi connectivity index (χ4v) is 4.32. The summed E-state index contributed by atoms with van der Waals surface area (Å²) in [5.74, 6) is -5.78. The number of aromatic nitrogens is 1. The van der Waals surface area contributed by atoms with E-state index in [1.54, 1.807) is 0 Å². The maximum absolute atomic E-state index is 14.2. The van der Waals surface area contributed by atoms with E-state index in [2.05, 4.69) is 15.3 Å². The van der Waals surface area contributed by atoms with Crippen molar-refractivity contribution in [1.29, 1.82) is 0 Å². The van der Waals surface area contributed by atoms with Gasteiger partial charge < -0.3 is 20.5 Å². The van der Waals surface area contributed by atoms with Crippen LogP contribution in [0, 0.1) is 5.92 Å². The first kappa shape index (κ1) is 29.9. The molecule has 2 amide bonds. The molecule has 39 heavy (non-hydrogen) atoms. The van der Waals surface area contributed by atoms with E-state index < -0.39 is 59.0 Å². The molecule has 14 heteroatoms. The third-order valence-corrected chi connectivity index (χ3v) is 6.72. The SMILES string of the molecule is C/N=C(\C)COc1c([C@H]2[C@H](C(=O)Nc3ccnc(C(N)=O)c3)O[C@@](C)(C(F)(F)F)[C@H]2C)cccc1C(F)(F)F. The number of halogens is 6. The number of nitrogens with two attached hydrogens (primary N) is 1. The second kappa shape index (κ2) is 10.8. The Bertz CT molecular complexity index is 1280. The summed E-state index contributed by atoms with van der Waals surface area (Å²) in [5, 5.41) is 2.35. The molecule has 1 aromatic heterocycles. The van der Waals surface area contributed by atoms with E-state index in [1.807, 2.05) is 0 Å². The number of nitrogens with zero attached hydrogens (tertiary/aromatic N) is 2. The number of aliphatic imine (C=N–C) groups is 1. The Balaban J connectivity index is 2.16. The van der Waals surface area contributed by atoms with Gasteiger partial charge in [-0.2, -0.15) is 26.3 Å². The molecule has 0 radical (unpaired) electrons. The van der Waals surface area contributed by atoms with Gasteiger partial charge in [-0.15, -0.1) is 0 Å². The van der Waals surface area contributed by atoms with E-state index in [1.165, 1.54) is 26.1 Å².